The van der Waals surface area contributed by atoms with Crippen LogP contribution in [-0.4, -0.2) is 18.2 Å². The summed E-state index contributed by atoms with van der Waals surface area (Å²) in [6.45, 7) is 12.4. The van der Waals surface area contributed by atoms with Crippen LogP contribution in [0.25, 0.3) is 0 Å². The molecule has 0 aromatic heterocycles. The lowest BCUT2D eigenvalue weighted by atomic mass is 9.76. The summed E-state index contributed by atoms with van der Waals surface area (Å²) in [6.07, 6.45) is 0. The number of hydrogen-bond donors (Lipinski definition) is 1. The first-order valence-corrected chi connectivity index (χ1v) is 9.86. The van der Waals surface area contributed by atoms with Crippen LogP contribution in [0.15, 0.2) is 40.9 Å². The molecule has 0 aliphatic carbocycles. The van der Waals surface area contributed by atoms with Crippen molar-refractivity contribution < 1.29 is 14.6 Å². The zero-order valence-corrected chi connectivity index (χ0v) is 18.8. The van der Waals surface area contributed by atoms with Crippen LogP contribution < -0.4 is 0 Å². The molecule has 0 aliphatic heterocycles. The van der Waals surface area contributed by atoms with E-state index in [2.05, 4.69) is 57.5 Å². The minimum atomic E-state index is -0.560. The van der Waals surface area contributed by atoms with E-state index in [0.717, 1.165) is 26.7 Å². The summed E-state index contributed by atoms with van der Waals surface area (Å²) >= 11 is 3.49. The second-order valence-corrected chi connectivity index (χ2v) is 9.89. The molecule has 0 spiro atoms. The third kappa shape index (κ3) is 4.73. The second kappa shape index (κ2) is 7.67. The zero-order valence-electron chi connectivity index (χ0n) is 17.2. The van der Waals surface area contributed by atoms with Gasteiger partial charge in [0.2, 0.25) is 0 Å². The summed E-state index contributed by atoms with van der Waals surface area (Å²) in [5, 5.41) is 11.0. The molecular weight excluding hydrogens is 404 g/mol. The smallest absolute Gasteiger partial charge is 0.317 e. The van der Waals surface area contributed by atoms with Crippen molar-refractivity contribution in [3.63, 3.8) is 0 Å². The highest BCUT2D eigenvalue weighted by Crippen LogP contribution is 2.42. The van der Waals surface area contributed by atoms with Crippen LogP contribution in [0.4, 0.5) is 0 Å². The first-order valence-electron chi connectivity index (χ1n) is 9.07. The monoisotopic (exact) mass is 432 g/mol. The van der Waals surface area contributed by atoms with Gasteiger partial charge in [-0.1, -0.05) is 81.7 Å². The van der Waals surface area contributed by atoms with Crippen molar-refractivity contribution in [2.45, 2.75) is 58.3 Å². The van der Waals surface area contributed by atoms with Crippen LogP contribution in [0.2, 0.25) is 0 Å². The molecule has 0 radical (unpaired) electrons. The Labute approximate surface area is 170 Å². The minimum Gasteiger partial charge on any atom is -0.507 e. The number of aromatic hydroxyl groups is 1. The van der Waals surface area contributed by atoms with Crippen LogP contribution in [0.3, 0.4) is 0 Å². The fourth-order valence-electron chi connectivity index (χ4n) is 3.24. The van der Waals surface area contributed by atoms with Crippen molar-refractivity contribution in [1.29, 1.82) is 0 Å². The maximum Gasteiger partial charge on any atom is 0.317 e. The van der Waals surface area contributed by atoms with Gasteiger partial charge in [0, 0.05) is 4.47 Å². The molecular formula is C23H29BrO3. The molecule has 27 heavy (non-hydrogen) atoms. The highest BCUT2D eigenvalue weighted by Gasteiger charge is 2.31. The summed E-state index contributed by atoms with van der Waals surface area (Å²) in [4.78, 5) is 12.7. The zero-order chi connectivity index (χ0) is 20.6. The van der Waals surface area contributed by atoms with E-state index in [4.69, 9.17) is 4.74 Å². The Balaban J connectivity index is 2.81. The Hall–Kier alpha value is -1.81. The highest BCUT2D eigenvalue weighted by atomic mass is 79.9. The number of phenols is 1. The first kappa shape index (κ1) is 21.5. The molecule has 146 valence electrons. The predicted octanol–water partition coefficient (Wildman–Crippen LogP) is 6.05. The van der Waals surface area contributed by atoms with E-state index >= 15 is 0 Å². The Morgan fingerprint density at radius 2 is 1.48 bits per heavy atom. The Bertz CT molecular complexity index is 806. The van der Waals surface area contributed by atoms with E-state index in [1.165, 1.54) is 7.11 Å². The van der Waals surface area contributed by atoms with Gasteiger partial charge in [-0.15, -0.1) is 0 Å². The molecule has 0 heterocycles. The predicted molar refractivity (Wildman–Crippen MR) is 114 cm³/mol. The number of carbonyl (C=O) groups is 1. The molecule has 0 fully saturated rings. The number of ether oxygens (including phenoxy) is 1. The van der Waals surface area contributed by atoms with Crippen LogP contribution in [0, 0.1) is 0 Å². The lowest BCUT2D eigenvalue weighted by molar-refractivity contribution is -0.141. The molecule has 2 aromatic rings. The van der Waals surface area contributed by atoms with Crippen molar-refractivity contribution in [3.05, 3.63) is 63.1 Å². The summed E-state index contributed by atoms with van der Waals surface area (Å²) in [5.41, 5.74) is 2.80. The maximum atomic E-state index is 12.7. The molecule has 1 atom stereocenters. The van der Waals surface area contributed by atoms with Crippen LogP contribution in [0.5, 0.6) is 5.75 Å². The summed E-state index contributed by atoms with van der Waals surface area (Å²) in [5.74, 6) is -0.578. The summed E-state index contributed by atoms with van der Waals surface area (Å²) < 4.78 is 6.03. The number of hydrogen-bond acceptors (Lipinski definition) is 3. The van der Waals surface area contributed by atoms with Gasteiger partial charge < -0.3 is 9.84 Å². The quantitative estimate of drug-likeness (QED) is 0.599. The van der Waals surface area contributed by atoms with Gasteiger partial charge in [0.15, 0.2) is 0 Å². The molecule has 0 amide bonds. The average Bonchev–Trinajstić information content (AvgIpc) is 2.54. The third-order valence-corrected chi connectivity index (χ3v) is 5.19. The van der Waals surface area contributed by atoms with Crippen molar-refractivity contribution in [2.75, 3.05) is 7.11 Å². The third-order valence-electron chi connectivity index (χ3n) is 4.70. The van der Waals surface area contributed by atoms with Gasteiger partial charge in [-0.05, 0) is 45.2 Å². The van der Waals surface area contributed by atoms with E-state index in [1.54, 1.807) is 0 Å². The van der Waals surface area contributed by atoms with E-state index in [9.17, 15) is 9.90 Å². The van der Waals surface area contributed by atoms with Crippen molar-refractivity contribution in [2.24, 2.45) is 0 Å². The fraction of sp³-hybridized carbons (Fsp3) is 0.435. The highest BCUT2D eigenvalue weighted by molar-refractivity contribution is 9.10. The normalized spacial score (nSPS) is 13.3. The molecule has 1 unspecified atom stereocenters. The van der Waals surface area contributed by atoms with Gasteiger partial charge >= 0.3 is 5.97 Å². The lowest BCUT2D eigenvalue weighted by Crippen LogP contribution is -2.21. The number of methoxy groups -OCH3 is 1. The van der Waals surface area contributed by atoms with Crippen LogP contribution in [-0.2, 0) is 20.4 Å². The van der Waals surface area contributed by atoms with Gasteiger partial charge in [-0.2, -0.15) is 0 Å². The average molecular weight is 433 g/mol. The minimum absolute atomic E-state index is 0.266. The summed E-state index contributed by atoms with van der Waals surface area (Å²) in [7, 11) is 1.41. The molecule has 0 bridgehead atoms. The molecule has 0 aliphatic rings. The van der Waals surface area contributed by atoms with E-state index < -0.39 is 5.92 Å². The van der Waals surface area contributed by atoms with Gasteiger partial charge in [0.1, 0.15) is 11.7 Å². The summed E-state index contributed by atoms with van der Waals surface area (Å²) in [6, 6.07) is 11.6. The SMILES string of the molecule is COC(=O)C(c1cccc(Br)c1)c1cc(C(C)(C)C)c(O)c(C(C)(C)C)c1. The topological polar surface area (TPSA) is 46.5 Å². The molecule has 2 rings (SSSR count). The van der Waals surface area contributed by atoms with Gasteiger partial charge in [0.05, 0.1) is 7.11 Å². The first-order chi connectivity index (χ1) is 12.4. The number of phenolic OH excluding ortho intramolecular Hbond substituents is 1. The number of halogens is 1. The number of rotatable bonds is 3. The van der Waals surface area contributed by atoms with Crippen molar-refractivity contribution in [3.8, 4) is 5.75 Å². The Kier molecular flexibility index (Phi) is 6.10. The molecule has 0 saturated heterocycles. The van der Waals surface area contributed by atoms with Crippen molar-refractivity contribution >= 4 is 21.9 Å². The molecule has 3 nitrogen and oxygen atoms in total. The molecule has 2 aromatic carbocycles. The largest absolute Gasteiger partial charge is 0.507 e. The van der Waals surface area contributed by atoms with Crippen molar-refractivity contribution in [1.82, 2.24) is 0 Å². The second-order valence-electron chi connectivity index (χ2n) is 8.98. The van der Waals surface area contributed by atoms with Gasteiger partial charge in [0.25, 0.3) is 0 Å². The molecule has 0 saturated carbocycles. The van der Waals surface area contributed by atoms with Gasteiger partial charge in [-0.3, -0.25) is 4.79 Å². The fourth-order valence-corrected chi connectivity index (χ4v) is 3.65. The number of benzene rings is 2. The Morgan fingerprint density at radius 3 is 1.89 bits per heavy atom. The molecule has 4 heteroatoms. The molecule has 1 N–H and O–H groups in total. The Morgan fingerprint density at radius 1 is 0.963 bits per heavy atom. The lowest BCUT2D eigenvalue weighted by Gasteiger charge is -2.29. The van der Waals surface area contributed by atoms with Gasteiger partial charge in [-0.25, -0.2) is 0 Å². The van der Waals surface area contributed by atoms with E-state index in [1.807, 2.05) is 36.4 Å². The van der Waals surface area contributed by atoms with E-state index in [0.29, 0.717) is 5.75 Å². The van der Waals surface area contributed by atoms with Crippen LogP contribution >= 0.6 is 15.9 Å². The standard InChI is InChI=1S/C23H29BrO3/c1-22(2,3)17-12-15(13-18(20(17)25)23(4,5)6)19(21(26)27-7)14-9-8-10-16(24)11-14/h8-13,19,25H,1-7H3. The maximum absolute atomic E-state index is 12.7. The number of esters is 1. The van der Waals surface area contributed by atoms with Crippen LogP contribution in [0.1, 0.15) is 69.7 Å². The number of carbonyl (C=O) groups excluding carboxylic acids is 1. The van der Waals surface area contributed by atoms with E-state index in [-0.39, 0.29) is 16.8 Å².